The number of carboxylic acid groups (broad SMARTS) is 1. The van der Waals surface area contributed by atoms with Crippen LogP contribution in [0, 0.1) is 11.8 Å². The van der Waals surface area contributed by atoms with Crippen molar-refractivity contribution < 1.29 is 29.4 Å². The molecule has 1 fully saturated rings. The Morgan fingerprint density at radius 2 is 1.69 bits per heavy atom. The van der Waals surface area contributed by atoms with Gasteiger partial charge in [0.05, 0.1) is 6.04 Å². The zero-order chi connectivity index (χ0) is 26.3. The van der Waals surface area contributed by atoms with Crippen molar-refractivity contribution in [3.8, 4) is 5.75 Å². The number of rotatable bonds is 11. The maximum Gasteiger partial charge on any atom is 0.326 e. The number of phenolic OH excluding ortho intramolecular Hbond substituents is 1. The van der Waals surface area contributed by atoms with E-state index in [-0.39, 0.29) is 24.0 Å². The predicted octanol–water partition coefficient (Wildman–Crippen LogP) is 1.01. The molecule has 0 aliphatic carbocycles. The van der Waals surface area contributed by atoms with Gasteiger partial charge >= 0.3 is 5.97 Å². The van der Waals surface area contributed by atoms with Crippen molar-refractivity contribution in [2.75, 3.05) is 6.54 Å². The third-order valence-electron chi connectivity index (χ3n) is 6.12. The largest absolute Gasteiger partial charge is 0.508 e. The highest BCUT2D eigenvalue weighted by molar-refractivity contribution is 5.94. The number of nitrogens with two attached hydrogens (primary N) is 1. The van der Waals surface area contributed by atoms with Crippen LogP contribution in [0.25, 0.3) is 0 Å². The zero-order valence-corrected chi connectivity index (χ0v) is 20.9. The molecule has 1 saturated heterocycles. The minimum atomic E-state index is -1.06. The summed E-state index contributed by atoms with van der Waals surface area (Å²) in [7, 11) is 0. The summed E-state index contributed by atoms with van der Waals surface area (Å²) in [4.78, 5) is 52.0. The number of hydrogen-bond acceptors (Lipinski definition) is 6. The Bertz CT molecular complexity index is 902. The van der Waals surface area contributed by atoms with Gasteiger partial charge in [0.15, 0.2) is 0 Å². The maximum absolute atomic E-state index is 13.2. The van der Waals surface area contributed by atoms with Gasteiger partial charge in [0, 0.05) is 6.54 Å². The Balaban J connectivity index is 2.09. The minimum absolute atomic E-state index is 0.0703. The number of amides is 3. The van der Waals surface area contributed by atoms with Gasteiger partial charge in [0.1, 0.15) is 23.9 Å². The summed E-state index contributed by atoms with van der Waals surface area (Å²) >= 11 is 0. The molecule has 1 aromatic carbocycles. The molecule has 6 N–H and O–H groups in total. The van der Waals surface area contributed by atoms with E-state index in [1.54, 1.807) is 26.0 Å². The molecule has 1 heterocycles. The molecule has 0 spiro atoms. The van der Waals surface area contributed by atoms with Crippen molar-refractivity contribution in [2.24, 2.45) is 17.6 Å². The van der Waals surface area contributed by atoms with Gasteiger partial charge in [-0.2, -0.15) is 0 Å². The van der Waals surface area contributed by atoms with Crippen molar-refractivity contribution in [1.82, 2.24) is 15.5 Å². The molecule has 1 aromatic rings. The summed E-state index contributed by atoms with van der Waals surface area (Å²) in [5.74, 6) is -2.61. The number of phenols is 1. The van der Waals surface area contributed by atoms with Crippen LogP contribution in [0.3, 0.4) is 0 Å². The van der Waals surface area contributed by atoms with Crippen LogP contribution in [0.5, 0.6) is 5.75 Å². The van der Waals surface area contributed by atoms with Crippen molar-refractivity contribution in [3.63, 3.8) is 0 Å². The Hall–Kier alpha value is -3.14. The minimum Gasteiger partial charge on any atom is -0.508 e. The van der Waals surface area contributed by atoms with E-state index in [0.717, 1.165) is 5.56 Å². The summed E-state index contributed by atoms with van der Waals surface area (Å²) in [6.07, 6.45) is 1.53. The molecule has 0 saturated carbocycles. The lowest BCUT2D eigenvalue weighted by molar-refractivity contribution is -0.149. The Kier molecular flexibility index (Phi) is 10.1. The van der Waals surface area contributed by atoms with E-state index in [2.05, 4.69) is 10.6 Å². The molecule has 4 atom stereocenters. The van der Waals surface area contributed by atoms with E-state index in [9.17, 15) is 29.4 Å². The van der Waals surface area contributed by atoms with Gasteiger partial charge in [-0.15, -0.1) is 0 Å². The number of carbonyl (C=O) groups is 4. The van der Waals surface area contributed by atoms with Crippen LogP contribution in [0.2, 0.25) is 0 Å². The monoisotopic (exact) mass is 490 g/mol. The number of aromatic hydroxyl groups is 1. The molecule has 194 valence electrons. The highest BCUT2D eigenvalue weighted by Crippen LogP contribution is 2.20. The normalized spacial score (nSPS) is 18.3. The molecule has 0 aromatic heterocycles. The third-order valence-corrected chi connectivity index (χ3v) is 6.12. The number of hydrogen-bond donors (Lipinski definition) is 5. The van der Waals surface area contributed by atoms with Gasteiger partial charge in [-0.25, -0.2) is 4.79 Å². The van der Waals surface area contributed by atoms with Gasteiger partial charge in [-0.05, 0) is 55.2 Å². The molecular weight excluding hydrogens is 452 g/mol. The maximum atomic E-state index is 13.2. The summed E-state index contributed by atoms with van der Waals surface area (Å²) in [6, 6.07) is 2.71. The molecular formula is C25H38N4O6. The molecule has 10 heteroatoms. The molecule has 1 aliphatic rings. The van der Waals surface area contributed by atoms with E-state index in [1.165, 1.54) is 17.0 Å². The highest BCUT2D eigenvalue weighted by atomic mass is 16.4. The molecule has 10 nitrogen and oxygen atoms in total. The van der Waals surface area contributed by atoms with Crippen LogP contribution in [0.15, 0.2) is 24.3 Å². The number of nitrogens with one attached hydrogen (secondary N) is 2. The molecule has 0 radical (unpaired) electrons. The fraction of sp³-hybridized carbons (Fsp3) is 0.600. The van der Waals surface area contributed by atoms with Gasteiger partial charge in [0.25, 0.3) is 0 Å². The first-order chi connectivity index (χ1) is 16.4. The number of aliphatic carboxylic acids is 1. The average molecular weight is 491 g/mol. The lowest BCUT2D eigenvalue weighted by Gasteiger charge is -2.30. The molecule has 1 aliphatic heterocycles. The number of benzene rings is 1. The number of nitrogens with zero attached hydrogens (tertiary/aromatic N) is 1. The van der Waals surface area contributed by atoms with Gasteiger partial charge < -0.3 is 31.5 Å². The first kappa shape index (κ1) is 28.1. The first-order valence-corrected chi connectivity index (χ1v) is 12.1. The molecule has 3 amide bonds. The van der Waals surface area contributed by atoms with Crippen molar-refractivity contribution in [1.29, 1.82) is 0 Å². The summed E-state index contributed by atoms with van der Waals surface area (Å²) in [5.41, 5.74) is 6.82. The van der Waals surface area contributed by atoms with E-state index in [1.807, 2.05) is 13.8 Å². The van der Waals surface area contributed by atoms with Crippen LogP contribution in [0.1, 0.15) is 52.5 Å². The summed E-state index contributed by atoms with van der Waals surface area (Å²) in [5, 5.41) is 24.3. The van der Waals surface area contributed by atoms with E-state index in [0.29, 0.717) is 25.8 Å². The Morgan fingerprint density at radius 3 is 2.23 bits per heavy atom. The van der Waals surface area contributed by atoms with Crippen LogP contribution in [0.4, 0.5) is 0 Å². The summed E-state index contributed by atoms with van der Waals surface area (Å²) in [6.45, 7) is 7.70. The van der Waals surface area contributed by atoms with E-state index < -0.39 is 47.9 Å². The van der Waals surface area contributed by atoms with Crippen LogP contribution < -0.4 is 16.4 Å². The third kappa shape index (κ3) is 7.95. The number of likely N-dealkylation sites (tertiary alicyclic amines) is 1. The average Bonchev–Trinajstić information content (AvgIpc) is 3.27. The lowest BCUT2D eigenvalue weighted by Crippen LogP contribution is -2.58. The van der Waals surface area contributed by atoms with Gasteiger partial charge in [0.2, 0.25) is 17.7 Å². The summed E-state index contributed by atoms with van der Waals surface area (Å²) < 4.78 is 0. The zero-order valence-electron chi connectivity index (χ0n) is 20.9. The first-order valence-electron chi connectivity index (χ1n) is 12.1. The quantitative estimate of drug-likeness (QED) is 0.309. The number of carboxylic acids is 1. The second-order valence-corrected chi connectivity index (χ2v) is 9.93. The fourth-order valence-corrected chi connectivity index (χ4v) is 4.22. The Morgan fingerprint density at radius 1 is 1.06 bits per heavy atom. The van der Waals surface area contributed by atoms with E-state index in [4.69, 9.17) is 5.73 Å². The fourth-order valence-electron chi connectivity index (χ4n) is 4.22. The topological polar surface area (TPSA) is 162 Å². The highest BCUT2D eigenvalue weighted by Gasteiger charge is 2.38. The SMILES string of the molecule is CC(C)CC(NC(=O)C(NC(=O)C(N)Cc1ccc(O)cc1)C(C)C)C(=O)N1CCCC1C(=O)O. The van der Waals surface area contributed by atoms with Gasteiger partial charge in [-0.1, -0.05) is 39.8 Å². The molecule has 0 bridgehead atoms. The van der Waals surface area contributed by atoms with Crippen molar-refractivity contribution >= 4 is 23.7 Å². The van der Waals surface area contributed by atoms with Gasteiger partial charge in [-0.3, -0.25) is 14.4 Å². The molecule has 4 unspecified atom stereocenters. The van der Waals surface area contributed by atoms with Crippen LogP contribution in [-0.2, 0) is 25.6 Å². The smallest absolute Gasteiger partial charge is 0.326 e. The van der Waals surface area contributed by atoms with Crippen LogP contribution in [-0.4, -0.2) is 69.5 Å². The molecule has 2 rings (SSSR count). The second kappa shape index (κ2) is 12.5. The van der Waals surface area contributed by atoms with Crippen molar-refractivity contribution in [3.05, 3.63) is 29.8 Å². The predicted molar refractivity (Wildman–Crippen MR) is 130 cm³/mol. The molecule has 35 heavy (non-hydrogen) atoms. The second-order valence-electron chi connectivity index (χ2n) is 9.93. The van der Waals surface area contributed by atoms with E-state index >= 15 is 0 Å². The van der Waals surface area contributed by atoms with Crippen molar-refractivity contribution in [2.45, 2.75) is 77.5 Å². The lowest BCUT2D eigenvalue weighted by atomic mass is 9.98. The standard InChI is InChI=1S/C25H38N4O6/c1-14(2)12-19(24(33)29-11-5-6-20(29)25(34)35)27-23(32)21(15(3)4)28-22(31)18(26)13-16-7-9-17(30)10-8-16/h7-10,14-15,18-21,30H,5-6,11-13,26H2,1-4H3,(H,27,32)(H,28,31)(H,34,35). The number of carbonyl (C=O) groups excluding carboxylic acids is 3. The Labute approximate surface area is 206 Å². The van der Waals surface area contributed by atoms with Crippen LogP contribution >= 0.6 is 0 Å².